The number of guanidine groups is 1. The van der Waals surface area contributed by atoms with Crippen molar-refractivity contribution < 1.29 is 96.4 Å². The minimum Gasteiger partial charge on any atom is -0.394 e. The number of benzene rings is 2. The number of Topliss-reactive ketones (excluding diaryl/α,β-unsaturated/α-hetero) is 2. The maximum Gasteiger partial charge on any atom is 0.246 e. The van der Waals surface area contributed by atoms with E-state index in [-0.39, 0.29) is 139 Å². The molecule has 4 aromatic rings. The molecular weight excluding hydrogens is 1810 g/mol. The molecule has 2 fully saturated rings. The van der Waals surface area contributed by atoms with Gasteiger partial charge in [-0.1, -0.05) is 170 Å². The van der Waals surface area contributed by atoms with Crippen LogP contribution in [0, 0.1) is 5.92 Å². The van der Waals surface area contributed by atoms with Crippen molar-refractivity contribution >= 4 is 117 Å². The van der Waals surface area contributed by atoms with Crippen molar-refractivity contribution in [3.8, 4) is 0 Å². The average Bonchev–Trinajstić information content (AvgIpc) is 1.66. The number of aliphatic imine (C=N–C) groups is 2. The topological polar surface area (TPSA) is 679 Å². The number of hydrogen-bond donors (Lipinski definition) is 20. The fourth-order valence-electron chi connectivity index (χ4n) is 16.2. The molecule has 0 bridgehead atoms. The van der Waals surface area contributed by atoms with Gasteiger partial charge in [0.2, 0.25) is 82.7 Å². The zero-order valence-corrected chi connectivity index (χ0v) is 81.4. The molecule has 774 valence electrons. The molecule has 44 heteroatoms. The molecule has 5 heterocycles. The monoisotopic (exact) mass is 1960 g/mol. The van der Waals surface area contributed by atoms with Gasteiger partial charge in [-0.15, -0.1) is 10.2 Å². The number of hydrogen-bond acceptors (Lipinski definition) is 26. The molecule has 140 heavy (non-hydrogen) atoms. The van der Waals surface area contributed by atoms with Crippen molar-refractivity contribution in [2.24, 2.45) is 38.8 Å². The van der Waals surface area contributed by atoms with E-state index in [1.165, 1.54) is 76.7 Å². The molecule has 0 radical (unpaired) electrons. The van der Waals surface area contributed by atoms with Crippen LogP contribution in [0.15, 0.2) is 82.6 Å². The number of ketones is 2. The van der Waals surface area contributed by atoms with Crippen molar-refractivity contribution in [2.75, 3.05) is 72.8 Å². The predicted molar refractivity (Wildman–Crippen MR) is 521 cm³/mol. The normalized spacial score (nSPS) is 18.9. The molecule has 3 aliphatic rings. The number of likely N-dealkylation sites (N-methyl/N-ethyl adjacent to an activating group) is 1. The molecule has 2 saturated heterocycles. The summed E-state index contributed by atoms with van der Waals surface area (Å²) in [4.78, 5) is 225. The van der Waals surface area contributed by atoms with Crippen LogP contribution in [0.3, 0.4) is 0 Å². The highest BCUT2D eigenvalue weighted by Gasteiger charge is 2.43. The first-order valence-electron chi connectivity index (χ1n) is 49.2. The summed E-state index contributed by atoms with van der Waals surface area (Å²) in [6, 6.07) is 4.21. The van der Waals surface area contributed by atoms with Crippen molar-refractivity contribution in [3.63, 3.8) is 0 Å². The van der Waals surface area contributed by atoms with Crippen LogP contribution in [0.4, 0.5) is 0 Å². The lowest BCUT2D eigenvalue weighted by molar-refractivity contribution is -0.142. The van der Waals surface area contributed by atoms with Crippen LogP contribution in [0.2, 0.25) is 0 Å². The zero-order chi connectivity index (χ0) is 102. The smallest absolute Gasteiger partial charge is 0.246 e. The number of aromatic amines is 2. The lowest BCUT2D eigenvalue weighted by Gasteiger charge is -2.29. The molecule has 3 aliphatic heterocycles. The molecule has 7 rings (SSSR count). The Labute approximate surface area is 817 Å². The molecule has 24 N–H and O–H groups in total. The van der Waals surface area contributed by atoms with Gasteiger partial charge in [0.25, 0.3) is 0 Å². The van der Waals surface area contributed by atoms with Crippen molar-refractivity contribution in [1.29, 1.82) is 0 Å². The highest BCUT2D eigenvalue weighted by Crippen LogP contribution is 2.26. The number of H-pyrrole nitrogens is 2. The number of tetrazole rings is 1. The third-order valence-electron chi connectivity index (χ3n) is 24.2. The number of amides is 14. The summed E-state index contributed by atoms with van der Waals surface area (Å²) in [6.07, 6.45) is 25.0. The number of allylic oxidation sites excluding steroid dienone is 1. The summed E-state index contributed by atoms with van der Waals surface area (Å²) in [5.41, 5.74) is 24.9. The van der Waals surface area contributed by atoms with Crippen molar-refractivity contribution in [3.05, 3.63) is 89.5 Å². The number of ether oxygens (including phenoxy) is 2. The summed E-state index contributed by atoms with van der Waals surface area (Å²) >= 11 is 0. The molecular formula is C96H150N24O20. The summed E-state index contributed by atoms with van der Waals surface area (Å²) in [6.45, 7) is 3.86. The standard InChI is InChI=1S/C51H89N15O12.C45H61N9O8/c1-3-4-20-37(47(72)54-2)59-49(74)39(25-26-52)61-50(75)40(32-36-19-18-27-55-36)62-48(73)38(23-24-42(53)68)60-51(76)41(34-67)58-45(70)33-57-46(71)35-78-31-30-77-29-28-56-44(69)22-17-15-13-11-9-7-5-6-8-10-12-14-16-21-43-63-65-66-64-43;1-27-19-20-31(56)14-7-4-8-16-34(28(2)55)50-42(60)38(23-30-25-49-35-17-10-9-15-33(30)35)52-40(58)36(18-11-21-48-45(46)47)51-41(59)37(22-29-12-5-3-6-13-29)53-43(61)39-24-32(57)26-54(39)44(27)62/h19,27,37-41,67H,3-18,20-26,28-35,52H2,1-2H3,(H2,53,68)(H,54,72)(H,56,69)(H,57,71)(H,58,70)(H,59,74)(H,60,76)(H,61,75)(H,62,73)(H,63,64,65,66);3,5-6,9-10,12-13,15,17,25,27,32,34,36-39,49,57H,4,7-8,11,14,16,18-24,26H2,1-2H3,(H,50,60)(H,51,59)(H,52,58)(H,53,61)(H4,46,47,48)/t37-,38-,39-,40-,41-;27-,32+,34-,36-,37+,38-,39-/m00/s1. The third-order valence-corrected chi connectivity index (χ3v) is 24.2. The number of nitrogens with zero attached hydrogens (tertiary/aromatic N) is 6. The number of para-hydroxylation sites is 1. The molecule has 12 atom stereocenters. The van der Waals surface area contributed by atoms with E-state index in [1.54, 1.807) is 55.7 Å². The van der Waals surface area contributed by atoms with Crippen molar-refractivity contribution in [1.82, 2.24) is 94.3 Å². The van der Waals surface area contributed by atoms with Gasteiger partial charge >= 0.3 is 0 Å². The van der Waals surface area contributed by atoms with E-state index in [2.05, 4.69) is 99.4 Å². The number of aromatic nitrogens is 5. The van der Waals surface area contributed by atoms with Gasteiger partial charge in [0.05, 0.1) is 45.1 Å². The summed E-state index contributed by atoms with van der Waals surface area (Å²) < 4.78 is 10.8. The molecule has 2 aromatic carbocycles. The van der Waals surface area contributed by atoms with Crippen LogP contribution >= 0.6 is 0 Å². The SMILES string of the molecule is CC(=O)[C@@H]1CCCCCC(=O)CC[C@H](C)C(=O)N2C[C@H](O)C[C@H]2C(=O)N[C@H](Cc2ccccc2)C(=O)N[C@@H](CCCN=C(N)N)C(=O)N[C@@H](Cc2c[nH]c3ccccc23)C(=O)N1.CCCC[C@H](NC(=O)[C@H](CCN)NC(=O)[C@H](CC1=CCC=N1)NC(=O)[C@H](CCC(N)=O)NC(=O)[C@H](CO)NC(=O)CNC(=O)COCCOCCNC(=O)CCCCCCCCCCCCCCCc1nn[nH]n1)C(=O)NC. The Morgan fingerprint density at radius 3 is 1.87 bits per heavy atom. The second-order valence-electron chi connectivity index (χ2n) is 35.6. The number of aliphatic hydroxyl groups is 2. The Hall–Kier alpha value is -12.5. The number of carbonyl (C=O) groups is 16. The number of primary amides is 1. The third kappa shape index (κ3) is 45.1. The Balaban J connectivity index is 0.000000439. The van der Waals surface area contributed by atoms with E-state index in [0.717, 1.165) is 60.8 Å². The zero-order valence-electron chi connectivity index (χ0n) is 81.4. The minimum atomic E-state index is -1.62. The molecule has 0 spiro atoms. The highest BCUT2D eigenvalue weighted by molar-refractivity contribution is 6.00. The van der Waals surface area contributed by atoms with Crippen LogP contribution in [0.25, 0.3) is 10.9 Å². The van der Waals surface area contributed by atoms with Crippen LogP contribution in [-0.4, -0.2) is 286 Å². The molecule has 0 unspecified atom stereocenters. The number of nitrogens with two attached hydrogens (primary N) is 4. The van der Waals surface area contributed by atoms with Crippen LogP contribution < -0.4 is 86.7 Å². The van der Waals surface area contributed by atoms with E-state index in [0.29, 0.717) is 69.2 Å². The van der Waals surface area contributed by atoms with Gasteiger partial charge in [-0.2, -0.15) is 5.21 Å². The van der Waals surface area contributed by atoms with Crippen LogP contribution in [0.5, 0.6) is 0 Å². The van der Waals surface area contributed by atoms with Crippen LogP contribution in [-0.2, 0) is 105 Å². The van der Waals surface area contributed by atoms with Gasteiger partial charge in [-0.25, -0.2) is 0 Å². The van der Waals surface area contributed by atoms with Crippen LogP contribution in [0.1, 0.15) is 243 Å². The highest BCUT2D eigenvalue weighted by atomic mass is 16.5. The number of nitrogens with one attached hydrogen (secondary N) is 14. The largest absolute Gasteiger partial charge is 0.394 e. The van der Waals surface area contributed by atoms with Gasteiger partial charge in [-0.05, 0) is 94.9 Å². The number of fused-ring (bicyclic) bond motifs is 2. The summed E-state index contributed by atoms with van der Waals surface area (Å²) in [7, 11) is 1.44. The number of unbranched alkanes of at least 4 members (excludes halogenated alkanes) is 13. The first kappa shape index (κ1) is 116. The minimum absolute atomic E-state index is 0.0144. The van der Waals surface area contributed by atoms with Crippen molar-refractivity contribution in [2.45, 2.75) is 312 Å². The second kappa shape index (κ2) is 66.1. The lowest BCUT2D eigenvalue weighted by Crippen LogP contribution is -2.59. The van der Waals surface area contributed by atoms with Gasteiger partial charge in [-0.3, -0.25) is 86.7 Å². The summed E-state index contributed by atoms with van der Waals surface area (Å²) in [5, 5.41) is 67.0. The molecule has 2 aromatic heterocycles. The van der Waals surface area contributed by atoms with Gasteiger partial charge < -0.3 is 116 Å². The predicted octanol–water partition coefficient (Wildman–Crippen LogP) is 0.631. The van der Waals surface area contributed by atoms with Gasteiger partial charge in [0.1, 0.15) is 66.8 Å². The fraction of sp³-hybridized carbons (Fsp3) is 0.635. The van der Waals surface area contributed by atoms with E-state index in [1.807, 2.05) is 31.2 Å². The Morgan fingerprint density at radius 1 is 0.614 bits per heavy atom. The Kier molecular flexibility index (Phi) is 54.9. The summed E-state index contributed by atoms with van der Waals surface area (Å²) in [5.74, 6) is -9.61. The molecule has 14 amide bonds. The number of carbonyl (C=O) groups excluding carboxylic acids is 16. The average molecular weight is 1960 g/mol. The lowest BCUT2D eigenvalue weighted by atomic mass is 9.98. The number of rotatable bonds is 56. The Bertz CT molecular complexity index is 4670. The van der Waals surface area contributed by atoms with E-state index >= 15 is 0 Å². The van der Waals surface area contributed by atoms with E-state index < -0.39 is 170 Å². The number of aryl methyl sites for hydroxylation is 1. The van der Waals surface area contributed by atoms with Gasteiger partial charge in [0.15, 0.2) is 17.6 Å². The second-order valence-corrected chi connectivity index (χ2v) is 35.6. The first-order chi connectivity index (χ1) is 67.4. The fourth-order valence-corrected chi connectivity index (χ4v) is 16.2. The Morgan fingerprint density at radius 2 is 1.23 bits per heavy atom. The number of aliphatic hydroxyl groups excluding tert-OH is 2. The molecule has 0 saturated carbocycles. The molecule has 0 aliphatic carbocycles. The van der Waals surface area contributed by atoms with Gasteiger partial charge in [0, 0.05) is 126 Å². The van der Waals surface area contributed by atoms with E-state index in [4.69, 9.17) is 32.4 Å². The van der Waals surface area contributed by atoms with E-state index in [9.17, 15) is 86.9 Å². The molecule has 44 nitrogen and oxygen atoms in total. The quantitative estimate of drug-likeness (QED) is 0.0164. The maximum absolute atomic E-state index is 14.4. The maximum atomic E-state index is 14.4. The first-order valence-corrected chi connectivity index (χ1v) is 49.2.